The monoisotopic (exact) mass is 287 g/mol. The van der Waals surface area contributed by atoms with Gasteiger partial charge in [0.25, 0.3) is 0 Å². The summed E-state index contributed by atoms with van der Waals surface area (Å²) in [6.07, 6.45) is 3.45. The van der Waals surface area contributed by atoms with Crippen LogP contribution in [0.4, 0.5) is 0 Å². The molecule has 114 valence electrons. The number of amides is 1. The predicted molar refractivity (Wildman–Crippen MR) is 84.2 cm³/mol. The topological polar surface area (TPSA) is 44.4 Å². The van der Waals surface area contributed by atoms with Crippen molar-refractivity contribution in [1.82, 2.24) is 15.5 Å². The van der Waals surface area contributed by atoms with Crippen molar-refractivity contribution in [3.8, 4) is 0 Å². The Labute approximate surface area is 126 Å². The number of hydrogen-bond donors (Lipinski definition) is 2. The predicted octanol–water partition coefficient (Wildman–Crippen LogP) is 1.47. The van der Waals surface area contributed by atoms with Crippen LogP contribution in [0.15, 0.2) is 24.3 Å². The quantitative estimate of drug-likeness (QED) is 0.881. The molecule has 0 radical (unpaired) electrons. The van der Waals surface area contributed by atoms with E-state index in [1.807, 2.05) is 6.07 Å². The first kappa shape index (κ1) is 14.5. The number of nitrogens with one attached hydrogen (secondary N) is 2. The second-order valence-electron chi connectivity index (χ2n) is 6.01. The van der Waals surface area contributed by atoms with Crippen molar-refractivity contribution in [2.24, 2.45) is 0 Å². The highest BCUT2D eigenvalue weighted by Gasteiger charge is 2.28. The molecule has 2 unspecified atom stereocenters. The first-order valence-corrected chi connectivity index (χ1v) is 8.12. The number of likely N-dealkylation sites (tertiary alicyclic amines) is 1. The van der Waals surface area contributed by atoms with Gasteiger partial charge in [-0.1, -0.05) is 31.2 Å². The van der Waals surface area contributed by atoms with E-state index in [4.69, 9.17) is 0 Å². The largest absolute Gasteiger partial charge is 0.353 e. The highest BCUT2D eigenvalue weighted by molar-refractivity contribution is 5.84. The van der Waals surface area contributed by atoms with Crippen molar-refractivity contribution >= 4 is 5.91 Å². The number of likely N-dealkylation sites (N-methyl/N-ethyl adjacent to an activating group) is 1. The molecule has 4 nitrogen and oxygen atoms in total. The lowest BCUT2D eigenvalue weighted by atomic mass is 9.94. The van der Waals surface area contributed by atoms with Crippen molar-refractivity contribution < 1.29 is 4.79 Å². The smallest absolute Gasteiger partial charge is 0.241 e. The number of rotatable bonds is 4. The number of carbonyl (C=O) groups excluding carboxylic acids is 1. The molecule has 1 fully saturated rings. The van der Waals surface area contributed by atoms with Gasteiger partial charge >= 0.3 is 0 Å². The molecule has 2 N–H and O–H groups in total. The summed E-state index contributed by atoms with van der Waals surface area (Å²) in [7, 11) is 0. The minimum Gasteiger partial charge on any atom is -0.353 e. The Hall–Kier alpha value is -1.39. The molecule has 4 heteroatoms. The van der Waals surface area contributed by atoms with Gasteiger partial charge in [0.2, 0.25) is 5.91 Å². The molecule has 0 saturated carbocycles. The molecule has 0 aliphatic carbocycles. The van der Waals surface area contributed by atoms with Crippen LogP contribution in [0.25, 0.3) is 0 Å². The van der Waals surface area contributed by atoms with E-state index in [1.165, 1.54) is 24.9 Å². The third-order valence-corrected chi connectivity index (χ3v) is 4.79. The van der Waals surface area contributed by atoms with E-state index < -0.39 is 0 Å². The minimum absolute atomic E-state index is 0.116. The van der Waals surface area contributed by atoms with Gasteiger partial charge in [-0.3, -0.25) is 9.69 Å². The molecule has 1 aromatic carbocycles. The Balaban J connectivity index is 1.61. The number of carbonyl (C=O) groups is 1. The number of nitrogens with zero attached hydrogens (tertiary/aromatic N) is 1. The molecular formula is C17H25N3O. The number of fused-ring (bicyclic) bond motifs is 1. The maximum Gasteiger partial charge on any atom is 0.241 e. The van der Waals surface area contributed by atoms with Gasteiger partial charge in [-0.25, -0.2) is 0 Å². The number of hydrogen-bond acceptors (Lipinski definition) is 3. The van der Waals surface area contributed by atoms with Crippen LogP contribution in [0.2, 0.25) is 0 Å². The van der Waals surface area contributed by atoms with Crippen molar-refractivity contribution in [3.63, 3.8) is 0 Å². The highest BCUT2D eigenvalue weighted by atomic mass is 16.2. The summed E-state index contributed by atoms with van der Waals surface area (Å²) in [5, 5.41) is 6.51. The molecule has 2 atom stereocenters. The molecule has 1 aromatic rings. The second kappa shape index (κ2) is 6.58. The first-order valence-electron chi connectivity index (χ1n) is 8.12. The molecular weight excluding hydrogens is 262 g/mol. The average Bonchev–Trinajstić information content (AvgIpc) is 2.99. The third-order valence-electron chi connectivity index (χ3n) is 4.79. The van der Waals surface area contributed by atoms with E-state index in [-0.39, 0.29) is 11.9 Å². The second-order valence-corrected chi connectivity index (χ2v) is 6.01. The number of benzene rings is 1. The Morgan fingerprint density at radius 1 is 1.43 bits per heavy atom. The maximum absolute atomic E-state index is 12.5. The van der Waals surface area contributed by atoms with Gasteiger partial charge in [0.05, 0.1) is 0 Å². The molecule has 0 spiro atoms. The fraction of sp³-hybridized carbons (Fsp3) is 0.588. The Morgan fingerprint density at radius 2 is 2.29 bits per heavy atom. The van der Waals surface area contributed by atoms with Crippen molar-refractivity contribution in [2.75, 3.05) is 26.2 Å². The van der Waals surface area contributed by atoms with Gasteiger partial charge in [0.15, 0.2) is 0 Å². The summed E-state index contributed by atoms with van der Waals surface area (Å²) < 4.78 is 0. The fourth-order valence-electron chi connectivity index (χ4n) is 3.60. The molecule has 0 bridgehead atoms. The summed E-state index contributed by atoms with van der Waals surface area (Å²) in [6, 6.07) is 8.59. The Morgan fingerprint density at radius 3 is 3.14 bits per heavy atom. The molecule has 2 aliphatic rings. The summed E-state index contributed by atoms with van der Waals surface area (Å²) in [4.78, 5) is 15.0. The minimum atomic E-state index is -0.188. The zero-order chi connectivity index (χ0) is 14.7. The lowest BCUT2D eigenvalue weighted by Gasteiger charge is -2.28. The van der Waals surface area contributed by atoms with E-state index in [1.54, 1.807) is 0 Å². The first-order chi connectivity index (χ1) is 10.3. The fourth-order valence-corrected chi connectivity index (χ4v) is 3.60. The molecule has 2 aliphatic heterocycles. The van der Waals surface area contributed by atoms with Crippen LogP contribution in [0.1, 0.15) is 36.9 Å². The van der Waals surface area contributed by atoms with Crippen LogP contribution >= 0.6 is 0 Å². The van der Waals surface area contributed by atoms with Crippen molar-refractivity contribution in [2.45, 2.75) is 38.3 Å². The van der Waals surface area contributed by atoms with Crippen LogP contribution in [-0.2, 0) is 11.2 Å². The summed E-state index contributed by atoms with van der Waals surface area (Å²) in [5.41, 5.74) is 2.44. The average molecular weight is 287 g/mol. The van der Waals surface area contributed by atoms with Gasteiger partial charge in [0.1, 0.15) is 6.04 Å². The van der Waals surface area contributed by atoms with Gasteiger partial charge in [0, 0.05) is 19.1 Å². The summed E-state index contributed by atoms with van der Waals surface area (Å²) in [6.45, 7) is 6.08. The molecule has 3 rings (SSSR count). The van der Waals surface area contributed by atoms with E-state index in [0.29, 0.717) is 6.04 Å². The SMILES string of the molecule is CCN1CCCC1CNC(=O)C1NCCc2ccccc21. The zero-order valence-corrected chi connectivity index (χ0v) is 12.8. The molecule has 0 aromatic heterocycles. The van der Waals surface area contributed by atoms with E-state index >= 15 is 0 Å². The Kier molecular flexibility index (Phi) is 4.56. The van der Waals surface area contributed by atoms with Crippen LogP contribution in [0.3, 0.4) is 0 Å². The zero-order valence-electron chi connectivity index (χ0n) is 12.8. The molecule has 2 heterocycles. The van der Waals surface area contributed by atoms with Crippen LogP contribution < -0.4 is 10.6 Å². The van der Waals surface area contributed by atoms with Crippen LogP contribution in [0.5, 0.6) is 0 Å². The van der Waals surface area contributed by atoms with Crippen LogP contribution in [-0.4, -0.2) is 43.0 Å². The maximum atomic E-state index is 12.5. The van der Waals surface area contributed by atoms with Crippen LogP contribution in [0, 0.1) is 0 Å². The van der Waals surface area contributed by atoms with Gasteiger partial charge in [-0.05, 0) is 43.5 Å². The lowest BCUT2D eigenvalue weighted by molar-refractivity contribution is -0.123. The lowest BCUT2D eigenvalue weighted by Crippen LogP contribution is -2.45. The van der Waals surface area contributed by atoms with Crippen molar-refractivity contribution in [1.29, 1.82) is 0 Å². The van der Waals surface area contributed by atoms with E-state index in [9.17, 15) is 4.79 Å². The van der Waals surface area contributed by atoms with Gasteiger partial charge in [-0.2, -0.15) is 0 Å². The summed E-state index contributed by atoms with van der Waals surface area (Å²) in [5.74, 6) is 0.116. The third kappa shape index (κ3) is 3.11. The Bertz CT molecular complexity index is 503. The normalized spacial score (nSPS) is 25.6. The summed E-state index contributed by atoms with van der Waals surface area (Å²) >= 11 is 0. The van der Waals surface area contributed by atoms with Gasteiger partial charge in [-0.15, -0.1) is 0 Å². The molecule has 1 amide bonds. The molecule has 1 saturated heterocycles. The van der Waals surface area contributed by atoms with E-state index in [0.717, 1.165) is 31.6 Å². The van der Waals surface area contributed by atoms with Crippen molar-refractivity contribution in [3.05, 3.63) is 35.4 Å². The van der Waals surface area contributed by atoms with E-state index in [2.05, 4.69) is 40.7 Å². The van der Waals surface area contributed by atoms with Gasteiger partial charge < -0.3 is 10.6 Å². The standard InChI is InChI=1S/C17H25N3O/c1-2-20-11-5-7-14(20)12-19-17(21)16-15-8-4-3-6-13(15)9-10-18-16/h3-4,6,8,14,16,18H,2,5,7,9-12H2,1H3,(H,19,21). The molecule has 21 heavy (non-hydrogen) atoms. The highest BCUT2D eigenvalue weighted by Crippen LogP contribution is 2.23.